The van der Waals surface area contributed by atoms with Crippen LogP contribution in [0.1, 0.15) is 19.4 Å². The molecule has 3 N–H and O–H groups in total. The van der Waals surface area contributed by atoms with Crippen molar-refractivity contribution in [3.63, 3.8) is 0 Å². The molecule has 1 saturated heterocycles. The van der Waals surface area contributed by atoms with E-state index in [1.807, 2.05) is 19.1 Å². The van der Waals surface area contributed by atoms with Gasteiger partial charge in [0.15, 0.2) is 0 Å². The Morgan fingerprint density at radius 3 is 3.17 bits per heavy atom. The number of nitrogen functional groups attached to an aromatic ring is 1. The molecule has 0 bridgehead atoms. The molecular weight excluding hydrogens is 234 g/mol. The summed E-state index contributed by atoms with van der Waals surface area (Å²) < 4.78 is 7.12. The molecule has 0 radical (unpaired) electrons. The lowest BCUT2D eigenvalue weighted by Crippen LogP contribution is -2.31. The fourth-order valence-corrected chi connectivity index (χ4v) is 2.24. The molecule has 1 aliphatic heterocycles. The lowest BCUT2D eigenvalue weighted by molar-refractivity contribution is -0.00183. The third-order valence-corrected chi connectivity index (χ3v) is 3.13. The zero-order valence-corrected chi connectivity index (χ0v) is 10.2. The summed E-state index contributed by atoms with van der Waals surface area (Å²) in [5.74, 6) is 0.206. The average Bonchev–Trinajstić information content (AvgIpc) is 2.74. The Morgan fingerprint density at radius 2 is 2.56 bits per heavy atom. The predicted molar refractivity (Wildman–Crippen MR) is 67.1 cm³/mol. The molecule has 6 heteroatoms. The molecule has 1 aliphatic rings. The van der Waals surface area contributed by atoms with Crippen molar-refractivity contribution in [1.29, 1.82) is 0 Å². The standard InChI is InChI=1S/C12H17N3O3/c1-2-4-12(8-16)6-9(7-18-12)15-5-3-10(13)14-11(15)17/h2-5,9,16H,6-8H2,1H3,(H2,13,14,17)/b4-2+. The molecular formula is C12H17N3O3. The highest BCUT2D eigenvalue weighted by Gasteiger charge is 2.38. The predicted octanol–water partition coefficient (Wildman–Crippen LogP) is 0.0941. The Hall–Kier alpha value is -1.66. The minimum Gasteiger partial charge on any atom is -0.393 e. The third kappa shape index (κ3) is 2.30. The molecule has 1 fully saturated rings. The maximum Gasteiger partial charge on any atom is 0.349 e. The van der Waals surface area contributed by atoms with Gasteiger partial charge in [-0.3, -0.25) is 4.57 Å². The van der Waals surface area contributed by atoms with Crippen LogP contribution in [0.4, 0.5) is 5.82 Å². The number of ether oxygens (including phenoxy) is 1. The molecule has 1 aromatic rings. The SMILES string of the molecule is C/C=C/C1(CO)CC(n2ccc(N)nc2=O)CO1. The number of anilines is 1. The van der Waals surface area contributed by atoms with Crippen molar-refractivity contribution >= 4 is 5.82 Å². The summed E-state index contributed by atoms with van der Waals surface area (Å²) in [5, 5.41) is 9.43. The van der Waals surface area contributed by atoms with Crippen LogP contribution < -0.4 is 11.4 Å². The van der Waals surface area contributed by atoms with Crippen molar-refractivity contribution in [3.8, 4) is 0 Å². The van der Waals surface area contributed by atoms with Crippen molar-refractivity contribution in [3.05, 3.63) is 34.9 Å². The number of aliphatic hydroxyl groups excluding tert-OH is 1. The first-order valence-corrected chi connectivity index (χ1v) is 5.83. The Balaban J connectivity index is 2.25. The van der Waals surface area contributed by atoms with Gasteiger partial charge in [0.2, 0.25) is 0 Å². The zero-order chi connectivity index (χ0) is 13.2. The van der Waals surface area contributed by atoms with Crippen molar-refractivity contribution < 1.29 is 9.84 Å². The van der Waals surface area contributed by atoms with Gasteiger partial charge in [-0.05, 0) is 13.0 Å². The summed E-state index contributed by atoms with van der Waals surface area (Å²) in [5.41, 5.74) is 4.36. The van der Waals surface area contributed by atoms with Gasteiger partial charge < -0.3 is 15.6 Å². The molecule has 0 aliphatic carbocycles. The van der Waals surface area contributed by atoms with E-state index in [0.29, 0.717) is 13.0 Å². The van der Waals surface area contributed by atoms with Crippen LogP contribution in [0.2, 0.25) is 0 Å². The van der Waals surface area contributed by atoms with Crippen molar-refractivity contribution in [2.24, 2.45) is 0 Å². The fraction of sp³-hybridized carbons (Fsp3) is 0.500. The van der Waals surface area contributed by atoms with E-state index in [1.54, 1.807) is 12.3 Å². The van der Waals surface area contributed by atoms with E-state index in [9.17, 15) is 9.90 Å². The zero-order valence-electron chi connectivity index (χ0n) is 10.2. The molecule has 0 saturated carbocycles. The molecule has 2 unspecified atom stereocenters. The summed E-state index contributed by atoms with van der Waals surface area (Å²) in [7, 11) is 0. The highest BCUT2D eigenvalue weighted by molar-refractivity contribution is 5.23. The number of rotatable bonds is 3. The molecule has 0 amide bonds. The van der Waals surface area contributed by atoms with E-state index < -0.39 is 11.3 Å². The van der Waals surface area contributed by atoms with Gasteiger partial charge in [-0.15, -0.1) is 0 Å². The average molecular weight is 251 g/mol. The molecule has 6 nitrogen and oxygen atoms in total. The Kier molecular flexibility index (Phi) is 3.49. The number of hydrogen-bond donors (Lipinski definition) is 2. The molecule has 2 rings (SSSR count). The summed E-state index contributed by atoms with van der Waals surface area (Å²) in [6.07, 6.45) is 5.81. The Labute approximate surface area is 105 Å². The monoisotopic (exact) mass is 251 g/mol. The van der Waals surface area contributed by atoms with Crippen LogP contribution in [0.5, 0.6) is 0 Å². The number of aromatic nitrogens is 2. The summed E-state index contributed by atoms with van der Waals surface area (Å²) in [4.78, 5) is 15.4. The smallest absolute Gasteiger partial charge is 0.349 e. The summed E-state index contributed by atoms with van der Waals surface area (Å²) >= 11 is 0. The fourth-order valence-electron chi connectivity index (χ4n) is 2.24. The summed E-state index contributed by atoms with van der Waals surface area (Å²) in [6.45, 7) is 2.13. The summed E-state index contributed by atoms with van der Waals surface area (Å²) in [6, 6.07) is 1.45. The molecule has 2 heterocycles. The maximum absolute atomic E-state index is 11.7. The highest BCUT2D eigenvalue weighted by atomic mass is 16.5. The number of nitrogens with zero attached hydrogens (tertiary/aromatic N) is 2. The van der Waals surface area contributed by atoms with Gasteiger partial charge >= 0.3 is 5.69 Å². The first kappa shape index (κ1) is 12.8. The lowest BCUT2D eigenvalue weighted by Gasteiger charge is -2.21. The van der Waals surface area contributed by atoms with E-state index in [4.69, 9.17) is 10.5 Å². The van der Waals surface area contributed by atoms with Crippen LogP contribution >= 0.6 is 0 Å². The number of nitrogens with two attached hydrogens (primary N) is 1. The van der Waals surface area contributed by atoms with Gasteiger partial charge in [0, 0.05) is 12.6 Å². The van der Waals surface area contributed by atoms with Gasteiger partial charge in [0.25, 0.3) is 0 Å². The highest BCUT2D eigenvalue weighted by Crippen LogP contribution is 2.33. The van der Waals surface area contributed by atoms with Crippen LogP contribution in [0.15, 0.2) is 29.2 Å². The van der Waals surface area contributed by atoms with Crippen LogP contribution in [0.3, 0.4) is 0 Å². The number of allylic oxidation sites excluding steroid dienone is 1. The molecule has 2 atom stereocenters. The van der Waals surface area contributed by atoms with Crippen molar-refractivity contribution in [2.45, 2.75) is 25.0 Å². The van der Waals surface area contributed by atoms with E-state index in [-0.39, 0.29) is 18.5 Å². The molecule has 0 aromatic carbocycles. The molecule has 0 spiro atoms. The molecule has 1 aromatic heterocycles. The minimum atomic E-state index is -0.694. The van der Waals surface area contributed by atoms with Crippen LogP contribution in [-0.4, -0.2) is 33.5 Å². The van der Waals surface area contributed by atoms with E-state index in [2.05, 4.69) is 4.98 Å². The van der Waals surface area contributed by atoms with E-state index in [0.717, 1.165) is 0 Å². The quantitative estimate of drug-likeness (QED) is 0.743. The third-order valence-electron chi connectivity index (χ3n) is 3.13. The maximum atomic E-state index is 11.7. The Morgan fingerprint density at radius 1 is 1.78 bits per heavy atom. The van der Waals surface area contributed by atoms with Crippen LogP contribution in [-0.2, 0) is 4.74 Å². The minimum absolute atomic E-state index is 0.106. The number of hydrogen-bond acceptors (Lipinski definition) is 5. The van der Waals surface area contributed by atoms with Crippen LogP contribution in [0, 0.1) is 0 Å². The second-order valence-electron chi connectivity index (χ2n) is 4.43. The van der Waals surface area contributed by atoms with Gasteiger partial charge in [-0.1, -0.05) is 12.2 Å². The van der Waals surface area contributed by atoms with Gasteiger partial charge in [0.1, 0.15) is 11.4 Å². The van der Waals surface area contributed by atoms with E-state index in [1.165, 1.54) is 4.57 Å². The molecule has 18 heavy (non-hydrogen) atoms. The second kappa shape index (κ2) is 4.91. The topological polar surface area (TPSA) is 90.4 Å². The largest absolute Gasteiger partial charge is 0.393 e. The van der Waals surface area contributed by atoms with Gasteiger partial charge in [-0.2, -0.15) is 4.98 Å². The normalized spacial score (nSPS) is 28.0. The molecule has 98 valence electrons. The lowest BCUT2D eigenvalue weighted by atomic mass is 9.98. The van der Waals surface area contributed by atoms with Gasteiger partial charge in [-0.25, -0.2) is 4.79 Å². The Bertz CT molecular complexity index is 512. The van der Waals surface area contributed by atoms with Gasteiger partial charge in [0.05, 0.1) is 19.3 Å². The van der Waals surface area contributed by atoms with Crippen molar-refractivity contribution in [2.75, 3.05) is 18.9 Å². The number of aliphatic hydroxyl groups is 1. The van der Waals surface area contributed by atoms with Crippen molar-refractivity contribution in [1.82, 2.24) is 9.55 Å². The van der Waals surface area contributed by atoms with Crippen LogP contribution in [0.25, 0.3) is 0 Å². The van der Waals surface area contributed by atoms with E-state index >= 15 is 0 Å². The second-order valence-corrected chi connectivity index (χ2v) is 4.43. The first-order valence-electron chi connectivity index (χ1n) is 5.83. The first-order chi connectivity index (χ1) is 8.60.